The number of hydrogen-bond acceptors (Lipinski definition) is 2. The molecule has 0 radical (unpaired) electrons. The minimum atomic E-state index is 0.303. The summed E-state index contributed by atoms with van der Waals surface area (Å²) in [6.07, 6.45) is 1.88. The molecule has 2 heteroatoms. The van der Waals surface area contributed by atoms with Crippen molar-refractivity contribution in [2.24, 2.45) is 4.99 Å². The van der Waals surface area contributed by atoms with Crippen LogP contribution in [0, 0.1) is 0 Å². The third kappa shape index (κ3) is 4.96. The third-order valence-corrected chi connectivity index (χ3v) is 2.18. The zero-order valence-electron chi connectivity index (χ0n) is 10.4. The van der Waals surface area contributed by atoms with Gasteiger partial charge in [0.15, 0.2) is 5.90 Å². The fraction of sp³-hybridized carbons (Fsp3) is 0.500. The van der Waals surface area contributed by atoms with Crippen molar-refractivity contribution < 1.29 is 4.74 Å². The average molecular weight is 219 g/mol. The summed E-state index contributed by atoms with van der Waals surface area (Å²) in [6, 6.07) is 10.7. The number of ether oxygens (including phenoxy) is 1. The van der Waals surface area contributed by atoms with E-state index in [9.17, 15) is 0 Å². The van der Waals surface area contributed by atoms with Gasteiger partial charge in [-0.3, -0.25) is 4.99 Å². The standard InChI is InChI=1S/C14H21NO/c1-4-16-14(15-12(2)3)11-10-13-8-6-5-7-9-13/h5-9,12H,4,10-11H2,1-3H3. The minimum Gasteiger partial charge on any atom is -0.481 e. The first-order valence-corrected chi connectivity index (χ1v) is 5.95. The van der Waals surface area contributed by atoms with Crippen LogP contribution in [-0.4, -0.2) is 18.5 Å². The second-order valence-electron chi connectivity index (χ2n) is 4.04. The molecule has 0 aliphatic carbocycles. The summed E-state index contributed by atoms with van der Waals surface area (Å²) in [5, 5.41) is 0. The van der Waals surface area contributed by atoms with Crippen LogP contribution in [0.5, 0.6) is 0 Å². The number of hydrogen-bond donors (Lipinski definition) is 0. The van der Waals surface area contributed by atoms with Crippen LogP contribution in [0.15, 0.2) is 35.3 Å². The van der Waals surface area contributed by atoms with Crippen LogP contribution in [0.25, 0.3) is 0 Å². The minimum absolute atomic E-state index is 0.303. The van der Waals surface area contributed by atoms with Crippen LogP contribution in [0.4, 0.5) is 0 Å². The van der Waals surface area contributed by atoms with Crippen molar-refractivity contribution in [1.29, 1.82) is 0 Å². The van der Waals surface area contributed by atoms with E-state index in [0.29, 0.717) is 12.6 Å². The highest BCUT2D eigenvalue weighted by Gasteiger charge is 2.02. The predicted molar refractivity (Wildman–Crippen MR) is 69.0 cm³/mol. The lowest BCUT2D eigenvalue weighted by Crippen LogP contribution is -2.09. The monoisotopic (exact) mass is 219 g/mol. The molecule has 2 nitrogen and oxygen atoms in total. The van der Waals surface area contributed by atoms with E-state index in [4.69, 9.17) is 4.74 Å². The van der Waals surface area contributed by atoms with Crippen molar-refractivity contribution in [3.8, 4) is 0 Å². The molecule has 88 valence electrons. The first-order valence-electron chi connectivity index (χ1n) is 5.95. The van der Waals surface area contributed by atoms with E-state index in [0.717, 1.165) is 18.7 Å². The quantitative estimate of drug-likeness (QED) is 0.549. The molecular formula is C14H21NO. The van der Waals surface area contributed by atoms with Crippen LogP contribution in [-0.2, 0) is 11.2 Å². The summed E-state index contributed by atoms with van der Waals surface area (Å²) in [6.45, 7) is 6.84. The molecule has 16 heavy (non-hydrogen) atoms. The fourth-order valence-electron chi connectivity index (χ4n) is 1.52. The zero-order chi connectivity index (χ0) is 11.8. The lowest BCUT2D eigenvalue weighted by atomic mass is 10.1. The van der Waals surface area contributed by atoms with Crippen LogP contribution in [0.3, 0.4) is 0 Å². The lowest BCUT2D eigenvalue weighted by molar-refractivity contribution is 0.314. The average Bonchev–Trinajstić information content (AvgIpc) is 2.27. The molecule has 0 aliphatic heterocycles. The van der Waals surface area contributed by atoms with Gasteiger partial charge in [0.25, 0.3) is 0 Å². The molecule has 0 bridgehead atoms. The molecule has 1 rings (SSSR count). The van der Waals surface area contributed by atoms with E-state index >= 15 is 0 Å². The molecule has 1 aromatic carbocycles. The van der Waals surface area contributed by atoms with Crippen LogP contribution in [0.2, 0.25) is 0 Å². The van der Waals surface area contributed by atoms with Crippen molar-refractivity contribution in [3.63, 3.8) is 0 Å². The zero-order valence-corrected chi connectivity index (χ0v) is 10.4. The molecule has 0 aliphatic rings. The summed E-state index contributed by atoms with van der Waals surface area (Å²) in [5.41, 5.74) is 1.33. The molecule has 0 saturated carbocycles. The normalized spacial score (nSPS) is 11.9. The number of aryl methyl sites for hydroxylation is 1. The van der Waals surface area contributed by atoms with Crippen molar-refractivity contribution in [1.82, 2.24) is 0 Å². The molecule has 0 N–H and O–H groups in total. The summed E-state index contributed by atoms with van der Waals surface area (Å²) < 4.78 is 5.52. The van der Waals surface area contributed by atoms with Gasteiger partial charge in [0.1, 0.15) is 0 Å². The van der Waals surface area contributed by atoms with Gasteiger partial charge >= 0.3 is 0 Å². The maximum atomic E-state index is 5.52. The molecular weight excluding hydrogens is 198 g/mol. The summed E-state index contributed by atoms with van der Waals surface area (Å²) in [7, 11) is 0. The SMILES string of the molecule is CCOC(CCc1ccccc1)=NC(C)C. The number of aliphatic imine (C=N–C) groups is 1. The third-order valence-electron chi connectivity index (χ3n) is 2.18. The smallest absolute Gasteiger partial charge is 0.183 e. The molecule has 0 atom stereocenters. The Morgan fingerprint density at radius 2 is 1.94 bits per heavy atom. The Hall–Kier alpha value is -1.31. The maximum absolute atomic E-state index is 5.52. The molecule has 0 fully saturated rings. The van der Waals surface area contributed by atoms with Crippen molar-refractivity contribution in [3.05, 3.63) is 35.9 Å². The number of rotatable bonds is 5. The Morgan fingerprint density at radius 3 is 2.50 bits per heavy atom. The van der Waals surface area contributed by atoms with Gasteiger partial charge < -0.3 is 4.74 Å². The van der Waals surface area contributed by atoms with Crippen molar-refractivity contribution in [2.75, 3.05) is 6.61 Å². The second kappa shape index (κ2) is 7.04. The summed E-state index contributed by atoms with van der Waals surface area (Å²) in [4.78, 5) is 4.48. The highest BCUT2D eigenvalue weighted by Crippen LogP contribution is 2.05. The summed E-state index contributed by atoms with van der Waals surface area (Å²) in [5.74, 6) is 0.876. The van der Waals surface area contributed by atoms with E-state index in [-0.39, 0.29) is 0 Å². The molecule has 0 heterocycles. The van der Waals surface area contributed by atoms with Gasteiger partial charge in [-0.1, -0.05) is 30.3 Å². The Kier molecular flexibility index (Phi) is 5.62. The Morgan fingerprint density at radius 1 is 1.25 bits per heavy atom. The van der Waals surface area contributed by atoms with Gasteiger partial charge in [-0.15, -0.1) is 0 Å². The first-order chi connectivity index (χ1) is 7.72. The second-order valence-corrected chi connectivity index (χ2v) is 4.04. The molecule has 0 aromatic heterocycles. The molecule has 0 saturated heterocycles. The van der Waals surface area contributed by atoms with Gasteiger partial charge in [0.2, 0.25) is 0 Å². The van der Waals surface area contributed by atoms with Gasteiger partial charge in [0.05, 0.1) is 6.61 Å². The summed E-state index contributed by atoms with van der Waals surface area (Å²) >= 11 is 0. The van der Waals surface area contributed by atoms with Crippen LogP contribution in [0.1, 0.15) is 32.8 Å². The molecule has 1 aromatic rings. The topological polar surface area (TPSA) is 21.6 Å². The van der Waals surface area contributed by atoms with Crippen LogP contribution >= 0.6 is 0 Å². The largest absolute Gasteiger partial charge is 0.481 e. The van der Waals surface area contributed by atoms with E-state index in [1.54, 1.807) is 0 Å². The van der Waals surface area contributed by atoms with Crippen LogP contribution < -0.4 is 0 Å². The van der Waals surface area contributed by atoms with E-state index in [2.05, 4.69) is 43.1 Å². The number of nitrogens with zero attached hydrogens (tertiary/aromatic N) is 1. The van der Waals surface area contributed by atoms with E-state index in [1.807, 2.05) is 13.0 Å². The Balaban J connectivity index is 2.50. The van der Waals surface area contributed by atoms with Gasteiger partial charge in [-0.05, 0) is 32.8 Å². The lowest BCUT2D eigenvalue weighted by Gasteiger charge is -2.09. The van der Waals surface area contributed by atoms with Gasteiger partial charge in [-0.2, -0.15) is 0 Å². The van der Waals surface area contributed by atoms with E-state index < -0.39 is 0 Å². The van der Waals surface area contributed by atoms with Crippen molar-refractivity contribution in [2.45, 2.75) is 39.7 Å². The first kappa shape index (κ1) is 12.8. The van der Waals surface area contributed by atoms with E-state index in [1.165, 1.54) is 5.56 Å². The fourth-order valence-corrected chi connectivity index (χ4v) is 1.52. The Bertz CT molecular complexity index is 317. The Labute approximate surface area is 98.4 Å². The maximum Gasteiger partial charge on any atom is 0.183 e. The highest BCUT2D eigenvalue weighted by molar-refractivity contribution is 5.76. The molecule has 0 unspecified atom stereocenters. The van der Waals surface area contributed by atoms with Crippen molar-refractivity contribution >= 4 is 5.90 Å². The predicted octanol–water partition coefficient (Wildman–Crippen LogP) is 3.46. The number of benzene rings is 1. The van der Waals surface area contributed by atoms with Gasteiger partial charge in [0, 0.05) is 12.5 Å². The molecule has 0 spiro atoms. The van der Waals surface area contributed by atoms with Gasteiger partial charge in [-0.25, -0.2) is 0 Å². The molecule has 0 amide bonds. The highest BCUT2D eigenvalue weighted by atomic mass is 16.5.